The molecule has 0 fully saturated rings. The molecule has 0 unspecified atom stereocenters. The van der Waals surface area contributed by atoms with Crippen molar-refractivity contribution in [3.8, 4) is 17.3 Å². The highest BCUT2D eigenvalue weighted by atomic mass is 35.5. The number of aromatic carboxylic acids is 1. The first-order valence-corrected chi connectivity index (χ1v) is 10.6. The molecule has 0 aromatic carbocycles. The maximum Gasteiger partial charge on any atom is 0.356 e. The summed E-state index contributed by atoms with van der Waals surface area (Å²) in [6.07, 6.45) is 3.22. The second-order valence-corrected chi connectivity index (χ2v) is 8.19. The van der Waals surface area contributed by atoms with Crippen LogP contribution in [0.25, 0.3) is 16.9 Å². The standard InChI is InChI=1S/C24H19ClN6O3/c1-12-8-17(14(3)28-18-6-7-19(25)29-21(18)24(33)34)22-30-20(13(2)23(32)31(22)11-12)15-4-5-16(9-26)27-10-15/h4-8,10-11,14,28H,1-3H3,(H,33,34)/t14-/m1/s1. The van der Waals surface area contributed by atoms with Crippen LogP contribution in [-0.4, -0.2) is 30.4 Å². The van der Waals surface area contributed by atoms with Crippen LogP contribution in [0.5, 0.6) is 0 Å². The van der Waals surface area contributed by atoms with E-state index in [9.17, 15) is 14.7 Å². The van der Waals surface area contributed by atoms with Gasteiger partial charge in [-0.2, -0.15) is 5.26 Å². The van der Waals surface area contributed by atoms with Gasteiger partial charge in [0.25, 0.3) is 5.56 Å². The third-order valence-electron chi connectivity index (χ3n) is 5.37. The van der Waals surface area contributed by atoms with E-state index in [1.165, 1.54) is 16.7 Å². The quantitative estimate of drug-likeness (QED) is 0.412. The first kappa shape index (κ1) is 22.9. The number of nitrogens with one attached hydrogen (secondary N) is 1. The van der Waals surface area contributed by atoms with E-state index < -0.39 is 12.0 Å². The molecule has 9 nitrogen and oxygen atoms in total. The van der Waals surface area contributed by atoms with Gasteiger partial charge in [-0.15, -0.1) is 0 Å². The summed E-state index contributed by atoms with van der Waals surface area (Å²) in [6.45, 7) is 5.39. The number of aromatic nitrogens is 4. The molecule has 0 amide bonds. The largest absolute Gasteiger partial charge is 0.476 e. The molecule has 0 aliphatic carbocycles. The molecule has 0 aliphatic heterocycles. The Hall–Kier alpha value is -4.29. The minimum Gasteiger partial charge on any atom is -0.476 e. The lowest BCUT2D eigenvalue weighted by Crippen LogP contribution is -2.22. The number of hydrogen-bond donors (Lipinski definition) is 2. The van der Waals surface area contributed by atoms with Crippen molar-refractivity contribution in [1.82, 2.24) is 19.4 Å². The minimum atomic E-state index is -1.22. The third-order valence-corrected chi connectivity index (χ3v) is 5.58. The fourth-order valence-electron chi connectivity index (χ4n) is 3.72. The molecular formula is C24H19ClN6O3. The summed E-state index contributed by atoms with van der Waals surface area (Å²) < 4.78 is 1.48. The molecule has 0 bridgehead atoms. The molecule has 10 heteroatoms. The Morgan fingerprint density at radius 1 is 1.24 bits per heavy atom. The number of carbonyl (C=O) groups is 1. The fourth-order valence-corrected chi connectivity index (χ4v) is 3.87. The Labute approximate surface area is 199 Å². The lowest BCUT2D eigenvalue weighted by molar-refractivity contribution is 0.0691. The number of nitriles is 1. The van der Waals surface area contributed by atoms with Crippen LogP contribution >= 0.6 is 11.6 Å². The SMILES string of the molecule is Cc1cc([C@@H](C)Nc2ccc(Cl)nc2C(=O)O)c2nc(-c3ccc(C#N)nc3)c(C)c(=O)n2c1. The minimum absolute atomic E-state index is 0.0703. The first-order valence-electron chi connectivity index (χ1n) is 10.3. The van der Waals surface area contributed by atoms with Crippen molar-refractivity contribution < 1.29 is 9.90 Å². The van der Waals surface area contributed by atoms with Gasteiger partial charge in [0.2, 0.25) is 0 Å². The molecule has 0 aliphatic rings. The smallest absolute Gasteiger partial charge is 0.356 e. The van der Waals surface area contributed by atoms with Gasteiger partial charge in [0.15, 0.2) is 5.69 Å². The topological polar surface area (TPSA) is 133 Å². The van der Waals surface area contributed by atoms with Crippen molar-refractivity contribution in [3.05, 3.63) is 86.3 Å². The summed E-state index contributed by atoms with van der Waals surface area (Å²) in [4.78, 5) is 37.7. The van der Waals surface area contributed by atoms with Gasteiger partial charge < -0.3 is 10.4 Å². The third kappa shape index (κ3) is 4.19. The van der Waals surface area contributed by atoms with E-state index in [0.29, 0.717) is 28.0 Å². The van der Waals surface area contributed by atoms with Gasteiger partial charge in [-0.3, -0.25) is 9.20 Å². The second-order valence-electron chi connectivity index (χ2n) is 7.80. The number of hydrogen-bond acceptors (Lipinski definition) is 7. The van der Waals surface area contributed by atoms with Crippen LogP contribution in [0.4, 0.5) is 5.69 Å². The number of carboxylic acids is 1. The predicted octanol–water partition coefficient (Wildman–Crippen LogP) is 4.16. The number of aryl methyl sites for hydroxylation is 1. The van der Waals surface area contributed by atoms with E-state index in [1.807, 2.05) is 26.0 Å². The Kier molecular flexibility index (Phi) is 6.01. The molecule has 170 valence electrons. The zero-order chi connectivity index (χ0) is 24.6. The molecule has 4 aromatic rings. The van der Waals surface area contributed by atoms with Gasteiger partial charge in [0.1, 0.15) is 22.6 Å². The van der Waals surface area contributed by atoms with Gasteiger partial charge in [0.05, 0.1) is 17.4 Å². The van der Waals surface area contributed by atoms with Gasteiger partial charge in [-0.05, 0) is 56.7 Å². The van der Waals surface area contributed by atoms with Crippen LogP contribution in [0, 0.1) is 25.2 Å². The van der Waals surface area contributed by atoms with E-state index in [-0.39, 0.29) is 27.8 Å². The number of anilines is 1. The van der Waals surface area contributed by atoms with Crippen LogP contribution in [0.3, 0.4) is 0 Å². The molecule has 4 aromatic heterocycles. The Balaban J connectivity index is 1.88. The normalized spacial score (nSPS) is 11.7. The van der Waals surface area contributed by atoms with E-state index in [1.54, 1.807) is 31.3 Å². The van der Waals surface area contributed by atoms with Gasteiger partial charge in [-0.1, -0.05) is 11.6 Å². The lowest BCUT2D eigenvalue weighted by atomic mass is 10.1. The van der Waals surface area contributed by atoms with Crippen molar-refractivity contribution in [2.45, 2.75) is 26.8 Å². The molecular weight excluding hydrogens is 456 g/mol. The molecule has 4 rings (SSSR count). The molecule has 34 heavy (non-hydrogen) atoms. The highest BCUT2D eigenvalue weighted by molar-refractivity contribution is 6.29. The van der Waals surface area contributed by atoms with Crippen molar-refractivity contribution >= 4 is 28.9 Å². The summed E-state index contributed by atoms with van der Waals surface area (Å²) in [5.74, 6) is -1.22. The number of halogens is 1. The van der Waals surface area contributed by atoms with Crippen molar-refractivity contribution in [2.75, 3.05) is 5.32 Å². The summed E-state index contributed by atoms with van der Waals surface area (Å²) in [5.41, 5.74) is 3.55. The van der Waals surface area contributed by atoms with Gasteiger partial charge >= 0.3 is 5.97 Å². The average molecular weight is 475 g/mol. The van der Waals surface area contributed by atoms with Crippen molar-refractivity contribution in [1.29, 1.82) is 5.26 Å². The highest BCUT2D eigenvalue weighted by Gasteiger charge is 2.20. The summed E-state index contributed by atoms with van der Waals surface area (Å²) >= 11 is 5.87. The number of nitrogens with zero attached hydrogens (tertiary/aromatic N) is 5. The molecule has 1 atom stereocenters. The molecule has 0 radical (unpaired) electrons. The molecule has 0 spiro atoms. The van der Waals surface area contributed by atoms with Crippen LogP contribution in [0.1, 0.15) is 45.8 Å². The van der Waals surface area contributed by atoms with E-state index >= 15 is 0 Å². The number of carboxylic acid groups (broad SMARTS) is 1. The van der Waals surface area contributed by atoms with E-state index in [4.69, 9.17) is 21.8 Å². The second kappa shape index (κ2) is 8.92. The molecule has 0 saturated heterocycles. The summed E-state index contributed by atoms with van der Waals surface area (Å²) in [6, 6.07) is 9.74. The van der Waals surface area contributed by atoms with Crippen molar-refractivity contribution in [3.63, 3.8) is 0 Å². The maximum atomic E-state index is 13.2. The highest BCUT2D eigenvalue weighted by Crippen LogP contribution is 2.27. The van der Waals surface area contributed by atoms with Gasteiger partial charge in [0, 0.05) is 29.1 Å². The van der Waals surface area contributed by atoms with Crippen LogP contribution in [-0.2, 0) is 0 Å². The summed E-state index contributed by atoms with van der Waals surface area (Å²) in [7, 11) is 0. The van der Waals surface area contributed by atoms with Gasteiger partial charge in [-0.25, -0.2) is 19.7 Å². The van der Waals surface area contributed by atoms with Crippen LogP contribution in [0.15, 0.2) is 47.5 Å². The Morgan fingerprint density at radius 3 is 2.65 bits per heavy atom. The predicted molar refractivity (Wildman–Crippen MR) is 127 cm³/mol. The Morgan fingerprint density at radius 2 is 2.00 bits per heavy atom. The Bertz CT molecular complexity index is 1540. The number of rotatable bonds is 5. The first-order chi connectivity index (χ1) is 16.2. The fraction of sp³-hybridized carbons (Fsp3) is 0.167. The molecule has 0 saturated carbocycles. The van der Waals surface area contributed by atoms with E-state index in [2.05, 4.69) is 15.3 Å². The molecule has 2 N–H and O–H groups in total. The van der Waals surface area contributed by atoms with Crippen LogP contribution in [0.2, 0.25) is 5.15 Å². The zero-order valence-corrected chi connectivity index (χ0v) is 19.3. The maximum absolute atomic E-state index is 13.2. The van der Waals surface area contributed by atoms with Crippen molar-refractivity contribution in [2.24, 2.45) is 0 Å². The lowest BCUT2D eigenvalue weighted by Gasteiger charge is -2.20. The number of pyridine rings is 3. The number of fused-ring (bicyclic) bond motifs is 1. The van der Waals surface area contributed by atoms with E-state index in [0.717, 1.165) is 5.56 Å². The van der Waals surface area contributed by atoms with Crippen LogP contribution < -0.4 is 10.9 Å². The summed E-state index contributed by atoms with van der Waals surface area (Å²) in [5, 5.41) is 21.8. The average Bonchev–Trinajstić information content (AvgIpc) is 2.82. The monoisotopic (exact) mass is 474 g/mol. The molecule has 4 heterocycles. The zero-order valence-electron chi connectivity index (χ0n) is 18.5.